The molecule has 1 fully saturated rings. The van der Waals surface area contributed by atoms with Crippen molar-refractivity contribution in [3.05, 3.63) is 35.4 Å². The average Bonchev–Trinajstić information content (AvgIpc) is 2.49. The third-order valence-electron chi connectivity index (χ3n) is 4.49. The van der Waals surface area contributed by atoms with Crippen LogP contribution in [0.1, 0.15) is 37.3 Å². The first-order chi connectivity index (χ1) is 9.57. The van der Waals surface area contributed by atoms with Crippen LogP contribution in [-0.2, 0) is 11.3 Å². The summed E-state index contributed by atoms with van der Waals surface area (Å²) >= 11 is 0. The van der Waals surface area contributed by atoms with Gasteiger partial charge in [0.25, 0.3) is 0 Å². The van der Waals surface area contributed by atoms with Crippen LogP contribution in [0.15, 0.2) is 24.3 Å². The molecule has 1 unspecified atom stereocenters. The second-order valence-electron chi connectivity index (χ2n) is 6.06. The van der Waals surface area contributed by atoms with E-state index in [1.807, 2.05) is 11.9 Å². The van der Waals surface area contributed by atoms with Crippen molar-refractivity contribution in [2.24, 2.45) is 5.41 Å². The van der Waals surface area contributed by atoms with Crippen molar-refractivity contribution in [1.29, 1.82) is 0 Å². The minimum absolute atomic E-state index is 0.197. The Kier molecular flexibility index (Phi) is 4.81. The van der Waals surface area contributed by atoms with Crippen LogP contribution in [0, 0.1) is 12.3 Å². The first-order valence-corrected chi connectivity index (χ1v) is 7.59. The highest BCUT2D eigenvalue weighted by molar-refractivity contribution is 5.83. The van der Waals surface area contributed by atoms with Gasteiger partial charge >= 0.3 is 0 Å². The molecule has 0 aromatic heterocycles. The molecule has 1 atom stereocenters. The van der Waals surface area contributed by atoms with Gasteiger partial charge in [0.2, 0.25) is 5.91 Å². The maximum absolute atomic E-state index is 12.8. The summed E-state index contributed by atoms with van der Waals surface area (Å²) in [6.07, 6.45) is 3.02. The van der Waals surface area contributed by atoms with Crippen LogP contribution >= 0.6 is 0 Å². The van der Waals surface area contributed by atoms with E-state index >= 15 is 0 Å². The molecule has 1 amide bonds. The summed E-state index contributed by atoms with van der Waals surface area (Å²) in [6, 6.07) is 8.42. The third-order valence-corrected chi connectivity index (χ3v) is 4.49. The lowest BCUT2D eigenvalue weighted by molar-refractivity contribution is -0.142. The number of hydrogen-bond acceptors (Lipinski definition) is 2. The van der Waals surface area contributed by atoms with Crippen molar-refractivity contribution in [2.75, 3.05) is 20.1 Å². The van der Waals surface area contributed by atoms with E-state index in [9.17, 15) is 4.79 Å². The third kappa shape index (κ3) is 3.21. The van der Waals surface area contributed by atoms with E-state index in [1.54, 1.807) is 0 Å². The average molecular weight is 274 g/mol. The minimum Gasteiger partial charge on any atom is -0.341 e. The van der Waals surface area contributed by atoms with Crippen LogP contribution in [0.4, 0.5) is 0 Å². The second kappa shape index (κ2) is 6.40. The Labute approximate surface area is 122 Å². The molecule has 110 valence electrons. The fourth-order valence-corrected chi connectivity index (χ4v) is 3.05. The lowest BCUT2D eigenvalue weighted by Gasteiger charge is -2.38. The molecule has 1 aliphatic heterocycles. The van der Waals surface area contributed by atoms with E-state index in [0.29, 0.717) is 6.54 Å². The Balaban J connectivity index is 2.05. The molecular formula is C17H26N2O. The zero-order valence-electron chi connectivity index (χ0n) is 12.9. The van der Waals surface area contributed by atoms with E-state index in [0.717, 1.165) is 32.4 Å². The van der Waals surface area contributed by atoms with Crippen LogP contribution < -0.4 is 5.32 Å². The molecule has 1 aromatic rings. The van der Waals surface area contributed by atoms with Crippen LogP contribution in [-0.4, -0.2) is 30.9 Å². The van der Waals surface area contributed by atoms with Gasteiger partial charge in [0.05, 0.1) is 5.41 Å². The molecule has 1 heterocycles. The SMILES string of the molecule is CCC1(C(=O)N(C)Cc2ccc(C)cc2)CCCNC1. The van der Waals surface area contributed by atoms with Gasteiger partial charge in [-0.1, -0.05) is 36.8 Å². The molecule has 3 heteroatoms. The Morgan fingerprint density at radius 1 is 1.35 bits per heavy atom. The normalized spacial score (nSPS) is 22.6. The number of amides is 1. The van der Waals surface area contributed by atoms with Crippen molar-refractivity contribution in [3.8, 4) is 0 Å². The molecule has 0 radical (unpaired) electrons. The maximum atomic E-state index is 12.8. The second-order valence-corrected chi connectivity index (χ2v) is 6.06. The van der Waals surface area contributed by atoms with Gasteiger partial charge in [-0.2, -0.15) is 0 Å². The number of benzene rings is 1. The quantitative estimate of drug-likeness (QED) is 0.915. The fraction of sp³-hybridized carbons (Fsp3) is 0.588. The maximum Gasteiger partial charge on any atom is 0.230 e. The fourth-order valence-electron chi connectivity index (χ4n) is 3.05. The van der Waals surface area contributed by atoms with E-state index in [-0.39, 0.29) is 11.3 Å². The summed E-state index contributed by atoms with van der Waals surface area (Å²) in [5, 5.41) is 3.39. The molecular weight excluding hydrogens is 248 g/mol. The van der Waals surface area contributed by atoms with Gasteiger partial charge in [0.15, 0.2) is 0 Å². The number of hydrogen-bond donors (Lipinski definition) is 1. The highest BCUT2D eigenvalue weighted by Crippen LogP contribution is 2.32. The standard InChI is InChI=1S/C17H26N2O/c1-4-17(10-5-11-18-13-17)16(20)19(3)12-15-8-6-14(2)7-9-15/h6-9,18H,4-5,10-13H2,1-3H3. The Morgan fingerprint density at radius 3 is 2.60 bits per heavy atom. The van der Waals surface area contributed by atoms with Crippen molar-refractivity contribution in [3.63, 3.8) is 0 Å². The van der Waals surface area contributed by atoms with E-state index in [1.165, 1.54) is 11.1 Å². The van der Waals surface area contributed by atoms with Crippen molar-refractivity contribution in [1.82, 2.24) is 10.2 Å². The predicted octanol–water partition coefficient (Wildman–Crippen LogP) is 2.73. The zero-order chi connectivity index (χ0) is 14.6. The molecule has 2 rings (SSSR count). The highest BCUT2D eigenvalue weighted by atomic mass is 16.2. The van der Waals surface area contributed by atoms with Crippen molar-refractivity contribution >= 4 is 5.91 Å². The molecule has 1 aliphatic rings. The lowest BCUT2D eigenvalue weighted by atomic mass is 9.77. The van der Waals surface area contributed by atoms with Crippen LogP contribution in [0.2, 0.25) is 0 Å². The van der Waals surface area contributed by atoms with Gasteiger partial charge in [-0.3, -0.25) is 4.79 Å². The van der Waals surface area contributed by atoms with Crippen molar-refractivity contribution < 1.29 is 4.79 Å². The van der Waals surface area contributed by atoms with Gasteiger partial charge in [-0.15, -0.1) is 0 Å². The molecule has 1 N–H and O–H groups in total. The largest absolute Gasteiger partial charge is 0.341 e. The monoisotopic (exact) mass is 274 g/mol. The lowest BCUT2D eigenvalue weighted by Crippen LogP contribution is -2.50. The Bertz CT molecular complexity index is 447. The first-order valence-electron chi connectivity index (χ1n) is 7.59. The Morgan fingerprint density at radius 2 is 2.05 bits per heavy atom. The van der Waals surface area contributed by atoms with Gasteiger partial charge in [-0.05, 0) is 38.3 Å². The minimum atomic E-state index is -0.197. The molecule has 3 nitrogen and oxygen atoms in total. The number of nitrogens with zero attached hydrogens (tertiary/aromatic N) is 1. The van der Waals surface area contributed by atoms with E-state index in [2.05, 4.69) is 43.4 Å². The van der Waals surface area contributed by atoms with E-state index in [4.69, 9.17) is 0 Å². The van der Waals surface area contributed by atoms with Crippen molar-refractivity contribution in [2.45, 2.75) is 39.7 Å². The van der Waals surface area contributed by atoms with Gasteiger partial charge < -0.3 is 10.2 Å². The molecule has 0 saturated carbocycles. The number of carbonyl (C=O) groups excluding carboxylic acids is 1. The molecule has 0 aliphatic carbocycles. The summed E-state index contributed by atoms with van der Waals surface area (Å²) in [4.78, 5) is 14.7. The number of aryl methyl sites for hydroxylation is 1. The summed E-state index contributed by atoms with van der Waals surface area (Å²) in [6.45, 7) is 6.77. The molecule has 0 spiro atoms. The summed E-state index contributed by atoms with van der Waals surface area (Å²) < 4.78 is 0. The van der Waals surface area contributed by atoms with E-state index < -0.39 is 0 Å². The number of piperidine rings is 1. The number of rotatable bonds is 4. The predicted molar refractivity (Wildman–Crippen MR) is 82.5 cm³/mol. The molecule has 1 aromatic carbocycles. The summed E-state index contributed by atoms with van der Waals surface area (Å²) in [5.41, 5.74) is 2.25. The van der Waals surface area contributed by atoms with Crippen LogP contribution in [0.3, 0.4) is 0 Å². The number of nitrogens with one attached hydrogen (secondary N) is 1. The zero-order valence-corrected chi connectivity index (χ0v) is 12.9. The molecule has 20 heavy (non-hydrogen) atoms. The topological polar surface area (TPSA) is 32.3 Å². The molecule has 1 saturated heterocycles. The molecule has 0 bridgehead atoms. The van der Waals surface area contributed by atoms with Crippen LogP contribution in [0.25, 0.3) is 0 Å². The smallest absolute Gasteiger partial charge is 0.230 e. The Hall–Kier alpha value is -1.35. The summed E-state index contributed by atoms with van der Waals surface area (Å²) in [5.74, 6) is 0.285. The van der Waals surface area contributed by atoms with Gasteiger partial charge in [0.1, 0.15) is 0 Å². The van der Waals surface area contributed by atoms with Gasteiger partial charge in [0, 0.05) is 20.1 Å². The highest BCUT2D eigenvalue weighted by Gasteiger charge is 2.39. The first kappa shape index (κ1) is 15.0. The van der Waals surface area contributed by atoms with Gasteiger partial charge in [-0.25, -0.2) is 0 Å². The number of carbonyl (C=O) groups is 1. The summed E-state index contributed by atoms with van der Waals surface area (Å²) in [7, 11) is 1.92. The van der Waals surface area contributed by atoms with Crippen LogP contribution in [0.5, 0.6) is 0 Å².